The summed E-state index contributed by atoms with van der Waals surface area (Å²) in [5.41, 5.74) is 0.357. The minimum atomic E-state index is -0.0529. The van der Waals surface area contributed by atoms with Crippen LogP contribution in [0.5, 0.6) is 0 Å². The normalized spacial score (nSPS) is 23.9. The molecule has 3 rings (SSSR count). The number of nitrogens with zero attached hydrogens (tertiary/aromatic N) is 4. The Balaban J connectivity index is 1.38. The first-order valence-electron chi connectivity index (χ1n) is 11.6. The van der Waals surface area contributed by atoms with Gasteiger partial charge in [0.2, 0.25) is 0 Å². The molecule has 5 nitrogen and oxygen atoms in total. The molecular formula is C24H36N4O. The number of carbonyl (C=O) groups excluding carboxylic acids is 1. The first-order chi connectivity index (χ1) is 14.0. The van der Waals surface area contributed by atoms with E-state index in [1.165, 1.54) is 12.8 Å². The zero-order valence-corrected chi connectivity index (χ0v) is 18.1. The van der Waals surface area contributed by atoms with E-state index in [1.54, 1.807) is 0 Å². The van der Waals surface area contributed by atoms with Gasteiger partial charge in [0.1, 0.15) is 11.6 Å². The highest BCUT2D eigenvalue weighted by atomic mass is 16.2. The first kappa shape index (κ1) is 21.7. The number of carbonyl (C=O) groups is 1. The number of piperidine rings is 2. The molecule has 1 amide bonds. The Morgan fingerprint density at radius 1 is 0.931 bits per heavy atom. The third-order valence-corrected chi connectivity index (χ3v) is 7.57. The Morgan fingerprint density at radius 2 is 1.45 bits per heavy atom. The van der Waals surface area contributed by atoms with Gasteiger partial charge in [0.05, 0.1) is 0 Å². The molecule has 2 atom stereocenters. The lowest BCUT2D eigenvalue weighted by Gasteiger charge is -2.36. The number of nitriles is 2. The number of hydrogen-bond acceptors (Lipinski definition) is 4. The molecule has 158 valence electrons. The van der Waals surface area contributed by atoms with E-state index < -0.39 is 0 Å². The molecule has 3 fully saturated rings. The summed E-state index contributed by atoms with van der Waals surface area (Å²) in [6, 6.07) is 2.12. The zero-order chi connectivity index (χ0) is 20.8. The molecule has 3 aliphatic rings. The molecule has 0 aromatic rings. The standard InChI is InChI=1S/C24H36N4O/c1-18(21-7-11-27(17-26)12-8-21)3-4-19(2)22-9-13-28(14-10-22)24(29)23(16-25)15-20-5-6-20/h15,18-22H,3-14H2,1-2H3/b23-15-. The van der Waals surface area contributed by atoms with Crippen LogP contribution in [0.25, 0.3) is 0 Å². The number of allylic oxidation sites excluding steroid dienone is 1. The Kier molecular flexibility index (Phi) is 7.59. The molecule has 0 N–H and O–H groups in total. The van der Waals surface area contributed by atoms with E-state index in [2.05, 4.69) is 26.1 Å². The molecule has 0 bridgehead atoms. The zero-order valence-electron chi connectivity index (χ0n) is 18.1. The second kappa shape index (κ2) is 10.1. The van der Waals surface area contributed by atoms with Gasteiger partial charge < -0.3 is 9.80 Å². The minimum absolute atomic E-state index is 0.0529. The summed E-state index contributed by atoms with van der Waals surface area (Å²) < 4.78 is 0. The molecule has 0 aromatic carbocycles. The van der Waals surface area contributed by atoms with Crippen molar-refractivity contribution in [2.45, 2.75) is 65.2 Å². The third-order valence-electron chi connectivity index (χ3n) is 7.57. The maximum absolute atomic E-state index is 12.6. The van der Waals surface area contributed by atoms with Crippen molar-refractivity contribution in [2.75, 3.05) is 26.2 Å². The minimum Gasteiger partial charge on any atom is -0.338 e. The molecule has 5 heteroatoms. The summed E-state index contributed by atoms with van der Waals surface area (Å²) in [6.45, 7) is 8.19. The van der Waals surface area contributed by atoms with Crippen molar-refractivity contribution < 1.29 is 4.79 Å². The highest BCUT2D eigenvalue weighted by Gasteiger charge is 2.30. The lowest BCUT2D eigenvalue weighted by Crippen LogP contribution is -2.40. The van der Waals surface area contributed by atoms with E-state index in [4.69, 9.17) is 5.26 Å². The molecule has 2 unspecified atom stereocenters. The summed E-state index contributed by atoms with van der Waals surface area (Å²) in [5, 5.41) is 18.3. The number of rotatable bonds is 7. The van der Waals surface area contributed by atoms with Crippen molar-refractivity contribution >= 4 is 5.91 Å². The van der Waals surface area contributed by atoms with Crippen LogP contribution >= 0.6 is 0 Å². The molecule has 1 aliphatic carbocycles. The van der Waals surface area contributed by atoms with Crippen molar-refractivity contribution in [1.82, 2.24) is 9.80 Å². The summed E-state index contributed by atoms with van der Waals surface area (Å²) >= 11 is 0. The van der Waals surface area contributed by atoms with Crippen molar-refractivity contribution in [1.29, 1.82) is 10.5 Å². The smallest absolute Gasteiger partial charge is 0.264 e. The molecular weight excluding hydrogens is 360 g/mol. The van der Waals surface area contributed by atoms with Crippen LogP contribution < -0.4 is 0 Å². The number of amides is 1. The molecule has 1 saturated carbocycles. The van der Waals surface area contributed by atoms with Crippen molar-refractivity contribution in [3.63, 3.8) is 0 Å². The van der Waals surface area contributed by atoms with Crippen molar-refractivity contribution in [3.8, 4) is 12.3 Å². The fraction of sp³-hybridized carbons (Fsp3) is 0.792. The molecule has 0 radical (unpaired) electrons. The van der Waals surface area contributed by atoms with Crippen LogP contribution in [-0.2, 0) is 4.79 Å². The van der Waals surface area contributed by atoms with Gasteiger partial charge in [-0.3, -0.25) is 4.79 Å². The Hall–Kier alpha value is -2.01. The van der Waals surface area contributed by atoms with Gasteiger partial charge in [-0.15, -0.1) is 0 Å². The highest BCUT2D eigenvalue weighted by molar-refractivity contribution is 5.97. The first-order valence-corrected chi connectivity index (χ1v) is 11.6. The SMILES string of the molecule is CC(CCC(C)C1CCN(C(=O)/C(C#N)=C\C2CC2)CC1)C1CCN(C#N)CC1. The fourth-order valence-electron chi connectivity index (χ4n) is 5.06. The number of likely N-dealkylation sites (tertiary alicyclic amines) is 2. The van der Waals surface area contributed by atoms with Gasteiger partial charge in [-0.1, -0.05) is 32.8 Å². The van der Waals surface area contributed by atoms with Gasteiger partial charge in [-0.05, 0) is 68.1 Å². The average Bonchev–Trinajstić information content (AvgIpc) is 3.59. The van der Waals surface area contributed by atoms with Crippen molar-refractivity contribution in [3.05, 3.63) is 11.6 Å². The van der Waals surface area contributed by atoms with E-state index >= 15 is 0 Å². The number of hydrogen-bond donors (Lipinski definition) is 0. The predicted octanol–water partition coefficient (Wildman–Crippen LogP) is 4.33. The topological polar surface area (TPSA) is 71.1 Å². The van der Waals surface area contributed by atoms with Crippen LogP contribution in [0.3, 0.4) is 0 Å². The lowest BCUT2D eigenvalue weighted by molar-refractivity contribution is -0.128. The van der Waals surface area contributed by atoms with E-state index in [1.807, 2.05) is 15.9 Å². The molecule has 2 heterocycles. The van der Waals surface area contributed by atoms with Gasteiger partial charge in [0.25, 0.3) is 5.91 Å². The van der Waals surface area contributed by atoms with Crippen molar-refractivity contribution in [2.24, 2.45) is 29.6 Å². The molecule has 0 aromatic heterocycles. The molecule has 0 spiro atoms. The van der Waals surface area contributed by atoms with E-state index in [0.717, 1.165) is 76.5 Å². The monoisotopic (exact) mass is 396 g/mol. The second-order valence-corrected chi connectivity index (χ2v) is 9.62. The Morgan fingerprint density at radius 3 is 1.90 bits per heavy atom. The summed E-state index contributed by atoms with van der Waals surface area (Å²) in [6.07, 6.45) is 13.3. The van der Waals surface area contributed by atoms with Gasteiger partial charge in [0.15, 0.2) is 6.19 Å². The van der Waals surface area contributed by atoms with E-state index in [0.29, 0.717) is 23.3 Å². The van der Waals surface area contributed by atoms with Crippen LogP contribution in [0.4, 0.5) is 0 Å². The quantitative estimate of drug-likeness (QED) is 0.365. The maximum Gasteiger partial charge on any atom is 0.264 e. The molecule has 2 aliphatic heterocycles. The van der Waals surface area contributed by atoms with Gasteiger partial charge in [-0.25, -0.2) is 0 Å². The van der Waals surface area contributed by atoms with Gasteiger partial charge >= 0.3 is 0 Å². The van der Waals surface area contributed by atoms with E-state index in [9.17, 15) is 10.1 Å². The van der Waals surface area contributed by atoms with Crippen LogP contribution in [0.2, 0.25) is 0 Å². The summed E-state index contributed by atoms with van der Waals surface area (Å²) in [7, 11) is 0. The highest BCUT2D eigenvalue weighted by Crippen LogP contribution is 2.34. The lowest BCUT2D eigenvalue weighted by atomic mass is 9.78. The molecule has 29 heavy (non-hydrogen) atoms. The van der Waals surface area contributed by atoms with Crippen LogP contribution in [0.15, 0.2) is 11.6 Å². The van der Waals surface area contributed by atoms with Crippen LogP contribution in [0, 0.1) is 52.4 Å². The summed E-state index contributed by atoms with van der Waals surface area (Å²) in [4.78, 5) is 16.4. The van der Waals surface area contributed by atoms with Crippen LogP contribution in [0.1, 0.15) is 65.2 Å². The maximum atomic E-state index is 12.6. The van der Waals surface area contributed by atoms with Gasteiger partial charge in [-0.2, -0.15) is 10.5 Å². The summed E-state index contributed by atoms with van der Waals surface area (Å²) in [5.74, 6) is 3.26. The van der Waals surface area contributed by atoms with Crippen LogP contribution in [-0.4, -0.2) is 41.9 Å². The average molecular weight is 397 g/mol. The fourth-order valence-corrected chi connectivity index (χ4v) is 5.06. The molecule has 2 saturated heterocycles. The third kappa shape index (κ3) is 5.99. The Bertz CT molecular complexity index is 668. The predicted molar refractivity (Wildman–Crippen MR) is 113 cm³/mol. The largest absolute Gasteiger partial charge is 0.338 e. The Labute approximate surface area is 176 Å². The second-order valence-electron chi connectivity index (χ2n) is 9.62. The van der Waals surface area contributed by atoms with E-state index in [-0.39, 0.29) is 5.91 Å². The van der Waals surface area contributed by atoms with Gasteiger partial charge in [0, 0.05) is 26.2 Å².